The van der Waals surface area contributed by atoms with Crippen LogP contribution in [-0.2, 0) is 9.53 Å². The molecular formula is C19H18N2O3S. The van der Waals surface area contributed by atoms with Crippen LogP contribution in [0.2, 0.25) is 0 Å². The van der Waals surface area contributed by atoms with Crippen LogP contribution in [0.25, 0.3) is 20.8 Å². The Balaban J connectivity index is 1.83. The van der Waals surface area contributed by atoms with E-state index in [9.17, 15) is 9.59 Å². The molecule has 0 aliphatic rings. The lowest BCUT2D eigenvalue weighted by Crippen LogP contribution is -2.34. The second-order valence-corrected chi connectivity index (χ2v) is 6.86. The van der Waals surface area contributed by atoms with Gasteiger partial charge in [-0.1, -0.05) is 30.3 Å². The fourth-order valence-electron chi connectivity index (χ4n) is 2.41. The number of carbonyl (C=O) groups is 2. The summed E-state index contributed by atoms with van der Waals surface area (Å²) in [6.07, 6.45) is 0. The van der Waals surface area contributed by atoms with Gasteiger partial charge in [-0.2, -0.15) is 0 Å². The number of esters is 1. The molecule has 0 spiro atoms. The number of hydrogen-bond acceptors (Lipinski definition) is 5. The zero-order valence-electron chi connectivity index (χ0n) is 14.0. The van der Waals surface area contributed by atoms with Gasteiger partial charge in [-0.3, -0.25) is 4.79 Å². The highest BCUT2D eigenvalue weighted by atomic mass is 32.1. The van der Waals surface area contributed by atoms with Crippen molar-refractivity contribution in [2.75, 3.05) is 6.61 Å². The summed E-state index contributed by atoms with van der Waals surface area (Å²) >= 11 is 1.52. The largest absolute Gasteiger partial charge is 0.452 e. The molecular weight excluding hydrogens is 336 g/mol. The van der Waals surface area contributed by atoms with Gasteiger partial charge in [0.15, 0.2) is 6.61 Å². The first-order chi connectivity index (χ1) is 12.0. The maximum Gasteiger partial charge on any atom is 0.339 e. The van der Waals surface area contributed by atoms with Crippen molar-refractivity contribution < 1.29 is 14.3 Å². The Hall–Kier alpha value is -2.73. The fourth-order valence-corrected chi connectivity index (χ4v) is 3.41. The van der Waals surface area contributed by atoms with Gasteiger partial charge in [0, 0.05) is 11.6 Å². The molecule has 0 saturated carbocycles. The molecule has 1 aromatic heterocycles. The number of carbonyl (C=O) groups excluding carboxylic acids is 2. The molecule has 0 unspecified atom stereocenters. The first kappa shape index (κ1) is 17.1. The Morgan fingerprint density at radius 2 is 1.84 bits per heavy atom. The van der Waals surface area contributed by atoms with E-state index in [0.717, 1.165) is 15.2 Å². The molecule has 25 heavy (non-hydrogen) atoms. The van der Waals surface area contributed by atoms with Gasteiger partial charge < -0.3 is 10.1 Å². The molecule has 128 valence electrons. The average Bonchev–Trinajstić information content (AvgIpc) is 3.03. The Morgan fingerprint density at radius 3 is 2.60 bits per heavy atom. The summed E-state index contributed by atoms with van der Waals surface area (Å²) in [5, 5.41) is 3.44. The van der Waals surface area contributed by atoms with Gasteiger partial charge in [-0.15, -0.1) is 11.3 Å². The van der Waals surface area contributed by atoms with E-state index in [0.29, 0.717) is 11.1 Å². The molecule has 0 saturated heterocycles. The van der Waals surface area contributed by atoms with E-state index >= 15 is 0 Å². The predicted molar refractivity (Wildman–Crippen MR) is 98.6 cm³/mol. The smallest absolute Gasteiger partial charge is 0.339 e. The van der Waals surface area contributed by atoms with E-state index < -0.39 is 5.97 Å². The molecule has 0 atom stereocenters. The van der Waals surface area contributed by atoms with E-state index in [4.69, 9.17) is 4.74 Å². The SMILES string of the molecule is CC(C)NC(=O)COC(=O)c1ccccc1-c1nc2ccccc2s1. The summed E-state index contributed by atoms with van der Waals surface area (Å²) in [5.74, 6) is -0.852. The number of para-hydroxylation sites is 1. The molecule has 1 heterocycles. The first-order valence-corrected chi connectivity index (χ1v) is 8.77. The van der Waals surface area contributed by atoms with Crippen molar-refractivity contribution in [3.8, 4) is 10.6 Å². The van der Waals surface area contributed by atoms with Gasteiger partial charge in [-0.05, 0) is 32.0 Å². The van der Waals surface area contributed by atoms with Crippen molar-refractivity contribution in [1.82, 2.24) is 10.3 Å². The summed E-state index contributed by atoms with van der Waals surface area (Å²) in [6.45, 7) is 3.40. The zero-order valence-corrected chi connectivity index (χ0v) is 14.8. The second-order valence-electron chi connectivity index (χ2n) is 5.83. The minimum atomic E-state index is -0.534. The van der Waals surface area contributed by atoms with E-state index in [1.165, 1.54) is 11.3 Å². The number of rotatable bonds is 5. The van der Waals surface area contributed by atoms with Crippen LogP contribution in [0, 0.1) is 0 Å². The van der Waals surface area contributed by atoms with Crippen molar-refractivity contribution in [2.24, 2.45) is 0 Å². The number of nitrogens with zero attached hydrogens (tertiary/aromatic N) is 1. The molecule has 1 amide bonds. The van der Waals surface area contributed by atoms with Gasteiger partial charge in [0.1, 0.15) is 5.01 Å². The number of ether oxygens (including phenoxy) is 1. The lowest BCUT2D eigenvalue weighted by Gasteiger charge is -2.10. The number of thiazole rings is 1. The quantitative estimate of drug-likeness (QED) is 0.710. The molecule has 5 nitrogen and oxygen atoms in total. The number of hydrogen-bond donors (Lipinski definition) is 1. The van der Waals surface area contributed by atoms with Crippen molar-refractivity contribution in [3.05, 3.63) is 54.1 Å². The molecule has 0 fully saturated rings. The number of fused-ring (bicyclic) bond motifs is 1. The van der Waals surface area contributed by atoms with E-state index in [2.05, 4.69) is 10.3 Å². The van der Waals surface area contributed by atoms with Crippen LogP contribution in [0.4, 0.5) is 0 Å². The van der Waals surface area contributed by atoms with Crippen LogP contribution in [0.5, 0.6) is 0 Å². The third-order valence-corrected chi connectivity index (χ3v) is 4.52. The van der Waals surface area contributed by atoms with Crippen molar-refractivity contribution in [1.29, 1.82) is 0 Å². The molecule has 0 aliphatic heterocycles. The Morgan fingerprint density at radius 1 is 1.12 bits per heavy atom. The van der Waals surface area contributed by atoms with Crippen molar-refractivity contribution >= 4 is 33.4 Å². The first-order valence-electron chi connectivity index (χ1n) is 7.96. The van der Waals surface area contributed by atoms with Crippen LogP contribution in [0.3, 0.4) is 0 Å². The zero-order chi connectivity index (χ0) is 17.8. The number of amides is 1. The van der Waals surface area contributed by atoms with E-state index in [-0.39, 0.29) is 18.6 Å². The Labute approximate surface area is 149 Å². The summed E-state index contributed by atoms with van der Waals surface area (Å²) in [7, 11) is 0. The summed E-state index contributed by atoms with van der Waals surface area (Å²) < 4.78 is 6.21. The van der Waals surface area contributed by atoms with Crippen LogP contribution in [0.15, 0.2) is 48.5 Å². The minimum absolute atomic E-state index is 0.00115. The molecule has 6 heteroatoms. The molecule has 0 bridgehead atoms. The van der Waals surface area contributed by atoms with Gasteiger partial charge in [-0.25, -0.2) is 9.78 Å². The molecule has 1 N–H and O–H groups in total. The van der Waals surface area contributed by atoms with Gasteiger partial charge in [0.25, 0.3) is 5.91 Å². The standard InChI is InChI=1S/C19H18N2O3S/c1-12(2)20-17(22)11-24-19(23)14-8-4-3-7-13(14)18-21-15-9-5-6-10-16(15)25-18/h3-10,12H,11H2,1-2H3,(H,20,22). The van der Waals surface area contributed by atoms with Gasteiger partial charge in [0.2, 0.25) is 0 Å². The molecule has 3 rings (SSSR count). The van der Waals surface area contributed by atoms with Gasteiger partial charge >= 0.3 is 5.97 Å². The van der Waals surface area contributed by atoms with Crippen LogP contribution in [-0.4, -0.2) is 29.5 Å². The molecule has 0 radical (unpaired) electrons. The molecule has 2 aromatic carbocycles. The highest BCUT2D eigenvalue weighted by molar-refractivity contribution is 7.21. The number of benzene rings is 2. The summed E-state index contributed by atoms with van der Waals surface area (Å²) in [6, 6.07) is 15.0. The average molecular weight is 354 g/mol. The third-order valence-electron chi connectivity index (χ3n) is 3.46. The van der Waals surface area contributed by atoms with Crippen molar-refractivity contribution in [2.45, 2.75) is 19.9 Å². The summed E-state index contributed by atoms with van der Waals surface area (Å²) in [4.78, 5) is 28.7. The number of nitrogens with one attached hydrogen (secondary N) is 1. The molecule has 0 aliphatic carbocycles. The van der Waals surface area contributed by atoms with Crippen LogP contribution >= 0.6 is 11.3 Å². The maximum atomic E-state index is 12.4. The third kappa shape index (κ3) is 4.03. The summed E-state index contributed by atoms with van der Waals surface area (Å²) in [5.41, 5.74) is 2.00. The van der Waals surface area contributed by atoms with Crippen LogP contribution < -0.4 is 5.32 Å². The maximum absolute atomic E-state index is 12.4. The molecule has 3 aromatic rings. The predicted octanol–water partition coefficient (Wildman–Crippen LogP) is 3.64. The monoisotopic (exact) mass is 354 g/mol. The number of aromatic nitrogens is 1. The highest BCUT2D eigenvalue weighted by Gasteiger charge is 2.17. The van der Waals surface area contributed by atoms with Crippen molar-refractivity contribution in [3.63, 3.8) is 0 Å². The normalized spacial score (nSPS) is 10.8. The minimum Gasteiger partial charge on any atom is -0.452 e. The lowest BCUT2D eigenvalue weighted by atomic mass is 10.1. The highest BCUT2D eigenvalue weighted by Crippen LogP contribution is 2.32. The second kappa shape index (κ2) is 7.44. The van der Waals surface area contributed by atoms with E-state index in [1.54, 1.807) is 12.1 Å². The van der Waals surface area contributed by atoms with E-state index in [1.807, 2.05) is 50.2 Å². The fraction of sp³-hybridized carbons (Fsp3) is 0.211. The Bertz CT molecular complexity index is 885. The van der Waals surface area contributed by atoms with Crippen LogP contribution in [0.1, 0.15) is 24.2 Å². The topological polar surface area (TPSA) is 68.3 Å². The lowest BCUT2D eigenvalue weighted by molar-refractivity contribution is -0.124. The Kier molecular flexibility index (Phi) is 5.09. The van der Waals surface area contributed by atoms with Gasteiger partial charge in [0.05, 0.1) is 15.8 Å².